The van der Waals surface area contributed by atoms with Gasteiger partial charge in [-0.15, -0.1) is 0 Å². The van der Waals surface area contributed by atoms with Gasteiger partial charge in [-0.05, 0) is 25.5 Å². The van der Waals surface area contributed by atoms with Gasteiger partial charge in [0.05, 0.1) is 26.9 Å². The molecule has 9 nitrogen and oxygen atoms in total. The first-order chi connectivity index (χ1) is 14.6. The standard InChI is InChI=1S/C21H29N5O4/c1-24(20-5-6-22-21(23-20)26-8-10-29-11-9-26)16-4-3-7-25(13-16)14-17-12-18(27)19(28-2)15-30-17/h5-6,12,15-16H,3-4,7-11,13-14H2,1-2H3. The van der Waals surface area contributed by atoms with Crippen LogP contribution in [0.15, 0.2) is 33.8 Å². The Morgan fingerprint density at radius 2 is 2.13 bits per heavy atom. The maximum Gasteiger partial charge on any atom is 0.227 e. The normalized spacial score (nSPS) is 20.2. The van der Waals surface area contributed by atoms with Gasteiger partial charge in [0.2, 0.25) is 17.1 Å². The highest BCUT2D eigenvalue weighted by Crippen LogP contribution is 2.23. The quantitative estimate of drug-likeness (QED) is 0.694. The van der Waals surface area contributed by atoms with Crippen LogP contribution >= 0.6 is 0 Å². The molecule has 0 N–H and O–H groups in total. The molecule has 0 saturated carbocycles. The van der Waals surface area contributed by atoms with Crippen LogP contribution in [0.5, 0.6) is 5.75 Å². The fraction of sp³-hybridized carbons (Fsp3) is 0.571. The van der Waals surface area contributed by atoms with E-state index in [-0.39, 0.29) is 11.2 Å². The number of likely N-dealkylation sites (tertiary alicyclic amines) is 1. The summed E-state index contributed by atoms with van der Waals surface area (Å²) in [4.78, 5) is 28.0. The lowest BCUT2D eigenvalue weighted by Crippen LogP contribution is -2.46. The van der Waals surface area contributed by atoms with Crippen molar-refractivity contribution in [3.8, 4) is 5.75 Å². The molecular formula is C21H29N5O4. The fourth-order valence-electron chi connectivity index (χ4n) is 4.02. The number of morpholine rings is 1. The number of ether oxygens (including phenoxy) is 2. The van der Waals surface area contributed by atoms with Gasteiger partial charge < -0.3 is 23.7 Å². The van der Waals surface area contributed by atoms with E-state index in [1.54, 1.807) is 0 Å². The van der Waals surface area contributed by atoms with E-state index in [1.807, 2.05) is 12.3 Å². The average Bonchev–Trinajstić information content (AvgIpc) is 2.79. The summed E-state index contributed by atoms with van der Waals surface area (Å²) < 4.78 is 16.0. The summed E-state index contributed by atoms with van der Waals surface area (Å²) in [6.45, 7) is 5.51. The first kappa shape index (κ1) is 20.6. The van der Waals surface area contributed by atoms with E-state index in [0.29, 0.717) is 31.6 Å². The number of hydrogen-bond acceptors (Lipinski definition) is 9. The highest BCUT2D eigenvalue weighted by Gasteiger charge is 2.25. The Hall–Kier alpha value is -2.65. The maximum absolute atomic E-state index is 12.0. The van der Waals surface area contributed by atoms with Crippen LogP contribution in [0.4, 0.5) is 11.8 Å². The van der Waals surface area contributed by atoms with Crippen LogP contribution in [0.3, 0.4) is 0 Å². The third kappa shape index (κ3) is 4.73. The number of aromatic nitrogens is 2. The smallest absolute Gasteiger partial charge is 0.227 e. The van der Waals surface area contributed by atoms with Crippen molar-refractivity contribution in [2.24, 2.45) is 0 Å². The molecule has 2 aliphatic rings. The Balaban J connectivity index is 1.41. The van der Waals surface area contributed by atoms with Crippen LogP contribution < -0.4 is 20.0 Å². The molecule has 4 heterocycles. The monoisotopic (exact) mass is 415 g/mol. The number of likely N-dealkylation sites (N-methyl/N-ethyl adjacent to an activating group) is 1. The largest absolute Gasteiger partial charge is 0.490 e. The van der Waals surface area contributed by atoms with Crippen molar-refractivity contribution in [3.63, 3.8) is 0 Å². The van der Waals surface area contributed by atoms with Crippen molar-refractivity contribution in [2.45, 2.75) is 25.4 Å². The molecule has 0 amide bonds. The Labute approximate surface area is 176 Å². The molecular weight excluding hydrogens is 386 g/mol. The molecule has 2 saturated heterocycles. The molecule has 0 bridgehead atoms. The third-order valence-electron chi connectivity index (χ3n) is 5.76. The van der Waals surface area contributed by atoms with Crippen molar-refractivity contribution in [1.29, 1.82) is 0 Å². The lowest BCUT2D eigenvalue weighted by atomic mass is 10.0. The van der Waals surface area contributed by atoms with Gasteiger partial charge in [-0.2, -0.15) is 4.98 Å². The Morgan fingerprint density at radius 3 is 2.90 bits per heavy atom. The lowest BCUT2D eigenvalue weighted by Gasteiger charge is -2.38. The lowest BCUT2D eigenvalue weighted by molar-refractivity contribution is 0.122. The molecule has 2 aromatic rings. The molecule has 0 spiro atoms. The summed E-state index contributed by atoms with van der Waals surface area (Å²) in [5, 5.41) is 0. The van der Waals surface area contributed by atoms with E-state index >= 15 is 0 Å². The van der Waals surface area contributed by atoms with E-state index in [2.05, 4.69) is 26.7 Å². The zero-order chi connectivity index (χ0) is 20.9. The van der Waals surface area contributed by atoms with E-state index in [9.17, 15) is 4.79 Å². The van der Waals surface area contributed by atoms with Crippen LogP contribution in [0, 0.1) is 0 Å². The number of methoxy groups -OCH3 is 1. The number of anilines is 2. The second-order valence-corrected chi connectivity index (χ2v) is 7.74. The van der Waals surface area contributed by atoms with E-state index < -0.39 is 0 Å². The van der Waals surface area contributed by atoms with E-state index in [0.717, 1.165) is 50.8 Å². The average molecular weight is 415 g/mol. The van der Waals surface area contributed by atoms with Gasteiger partial charge in [0.1, 0.15) is 17.8 Å². The molecule has 2 fully saturated rings. The summed E-state index contributed by atoms with van der Waals surface area (Å²) in [5.41, 5.74) is -0.152. The van der Waals surface area contributed by atoms with Crippen LogP contribution in [0.1, 0.15) is 18.6 Å². The summed E-state index contributed by atoms with van der Waals surface area (Å²) in [6.07, 6.45) is 5.39. The fourth-order valence-corrected chi connectivity index (χ4v) is 4.02. The Morgan fingerprint density at radius 1 is 1.30 bits per heavy atom. The minimum atomic E-state index is -0.152. The second-order valence-electron chi connectivity index (χ2n) is 7.74. The van der Waals surface area contributed by atoms with E-state index in [4.69, 9.17) is 18.9 Å². The molecule has 0 aromatic carbocycles. The molecule has 9 heteroatoms. The Kier molecular flexibility index (Phi) is 6.49. The van der Waals surface area contributed by atoms with Crippen molar-refractivity contribution >= 4 is 11.8 Å². The highest BCUT2D eigenvalue weighted by atomic mass is 16.5. The van der Waals surface area contributed by atoms with Gasteiger partial charge in [0.25, 0.3) is 0 Å². The molecule has 0 aliphatic carbocycles. The van der Waals surface area contributed by atoms with E-state index in [1.165, 1.54) is 19.4 Å². The van der Waals surface area contributed by atoms with Gasteiger partial charge in [-0.1, -0.05) is 0 Å². The van der Waals surface area contributed by atoms with Crippen molar-refractivity contribution in [2.75, 3.05) is 63.4 Å². The molecule has 2 aromatic heterocycles. The summed E-state index contributed by atoms with van der Waals surface area (Å²) >= 11 is 0. The molecule has 30 heavy (non-hydrogen) atoms. The number of nitrogens with zero attached hydrogens (tertiary/aromatic N) is 5. The topological polar surface area (TPSA) is 84.2 Å². The first-order valence-corrected chi connectivity index (χ1v) is 10.4. The molecule has 162 valence electrons. The van der Waals surface area contributed by atoms with Gasteiger partial charge in [0.15, 0.2) is 0 Å². The maximum atomic E-state index is 12.0. The van der Waals surface area contributed by atoms with Gasteiger partial charge in [0, 0.05) is 45.0 Å². The predicted octanol–water partition coefficient (Wildman–Crippen LogP) is 1.38. The third-order valence-corrected chi connectivity index (χ3v) is 5.76. The van der Waals surface area contributed by atoms with Gasteiger partial charge in [-0.25, -0.2) is 4.98 Å². The summed E-state index contributed by atoms with van der Waals surface area (Å²) in [6, 6.07) is 3.81. The van der Waals surface area contributed by atoms with Crippen LogP contribution in [-0.4, -0.2) is 74.5 Å². The zero-order valence-electron chi connectivity index (χ0n) is 17.6. The number of piperidine rings is 1. The van der Waals surface area contributed by atoms with Crippen LogP contribution in [0.25, 0.3) is 0 Å². The van der Waals surface area contributed by atoms with Gasteiger partial charge in [-0.3, -0.25) is 9.69 Å². The molecule has 1 unspecified atom stereocenters. The summed E-state index contributed by atoms with van der Waals surface area (Å²) in [5.74, 6) is 2.57. The zero-order valence-corrected chi connectivity index (χ0v) is 17.6. The number of hydrogen-bond donors (Lipinski definition) is 0. The highest BCUT2D eigenvalue weighted by molar-refractivity contribution is 5.44. The molecule has 0 radical (unpaired) electrons. The van der Waals surface area contributed by atoms with Gasteiger partial charge >= 0.3 is 0 Å². The van der Waals surface area contributed by atoms with Crippen LogP contribution in [0.2, 0.25) is 0 Å². The predicted molar refractivity (Wildman–Crippen MR) is 113 cm³/mol. The minimum Gasteiger partial charge on any atom is -0.490 e. The SMILES string of the molecule is COc1coc(CN2CCCC(N(C)c3ccnc(N4CCOCC4)n3)C2)cc1=O. The molecule has 2 aliphatic heterocycles. The van der Waals surface area contributed by atoms with Crippen molar-refractivity contribution < 1.29 is 13.9 Å². The molecule has 4 rings (SSSR count). The molecule has 1 atom stereocenters. The summed E-state index contributed by atoms with van der Waals surface area (Å²) in [7, 11) is 3.56. The van der Waals surface area contributed by atoms with Crippen molar-refractivity contribution in [3.05, 3.63) is 40.6 Å². The Bertz CT molecular complexity index is 899. The van der Waals surface area contributed by atoms with Crippen molar-refractivity contribution in [1.82, 2.24) is 14.9 Å². The minimum absolute atomic E-state index is 0.152. The first-order valence-electron chi connectivity index (χ1n) is 10.4. The van der Waals surface area contributed by atoms with Crippen LogP contribution in [-0.2, 0) is 11.3 Å². The second kappa shape index (κ2) is 9.44. The number of rotatable bonds is 6.